The van der Waals surface area contributed by atoms with Gasteiger partial charge in [-0.05, 0) is 0 Å². The molecular weight excluding hydrogens is 228 g/mol. The summed E-state index contributed by atoms with van der Waals surface area (Å²) in [5, 5.41) is 0. The molecule has 0 saturated heterocycles. The van der Waals surface area contributed by atoms with E-state index in [0.717, 1.165) is 0 Å². The second-order valence-electron chi connectivity index (χ2n) is 3.50. The summed E-state index contributed by atoms with van der Waals surface area (Å²) in [5.41, 5.74) is 0.0429. The minimum atomic E-state index is -0.760. The molecule has 88 valence electrons. The van der Waals surface area contributed by atoms with E-state index in [1.165, 1.54) is 0 Å². The van der Waals surface area contributed by atoms with Gasteiger partial charge in [-0.2, -0.15) is 0 Å². The van der Waals surface area contributed by atoms with Gasteiger partial charge in [-0.1, -0.05) is 0 Å². The molecular formula is C10H8N2O5. The molecule has 0 spiro atoms. The van der Waals surface area contributed by atoms with Crippen molar-refractivity contribution in [3.05, 3.63) is 11.1 Å². The zero-order valence-electron chi connectivity index (χ0n) is 8.76. The van der Waals surface area contributed by atoms with Crippen molar-refractivity contribution in [3.63, 3.8) is 0 Å². The quantitative estimate of drug-likeness (QED) is 0.464. The fraction of sp³-hybridized carbons (Fsp3) is 0.400. The molecule has 7 heteroatoms. The van der Waals surface area contributed by atoms with Crippen LogP contribution in [0.25, 0.3) is 0 Å². The standard InChI is InChI=1S/C10H8N2O5/c13-9-5(7-11-1-3-15-7)6(10(14)17-9)8-12-2-4-16-8/h1-4H2. The van der Waals surface area contributed by atoms with Gasteiger partial charge < -0.3 is 14.2 Å². The molecule has 0 aromatic carbocycles. The van der Waals surface area contributed by atoms with Crippen molar-refractivity contribution in [2.45, 2.75) is 0 Å². The maximum absolute atomic E-state index is 11.6. The number of nitrogens with zero attached hydrogens (tertiary/aromatic N) is 2. The smallest absolute Gasteiger partial charge is 0.352 e. The van der Waals surface area contributed by atoms with Crippen LogP contribution in [0.3, 0.4) is 0 Å². The van der Waals surface area contributed by atoms with Crippen LogP contribution in [0.5, 0.6) is 0 Å². The minimum absolute atomic E-state index is 0.0214. The minimum Gasteiger partial charge on any atom is -0.475 e. The first kappa shape index (κ1) is 10.0. The highest BCUT2D eigenvalue weighted by Crippen LogP contribution is 2.24. The van der Waals surface area contributed by atoms with Gasteiger partial charge in [-0.25, -0.2) is 19.6 Å². The number of ether oxygens (including phenoxy) is 3. The average Bonchev–Trinajstić information content (AvgIpc) is 2.98. The van der Waals surface area contributed by atoms with Crippen LogP contribution in [0.1, 0.15) is 0 Å². The zero-order chi connectivity index (χ0) is 11.8. The van der Waals surface area contributed by atoms with E-state index >= 15 is 0 Å². The molecule has 3 rings (SSSR count). The predicted octanol–water partition coefficient (Wildman–Crippen LogP) is -0.776. The Labute approximate surface area is 95.8 Å². The van der Waals surface area contributed by atoms with Crippen molar-refractivity contribution < 1.29 is 23.8 Å². The SMILES string of the molecule is O=C1OC(=O)C(C2=NCCO2)=C1C1=NCCO1. The number of hydrogen-bond donors (Lipinski definition) is 0. The van der Waals surface area contributed by atoms with Gasteiger partial charge in [0.25, 0.3) is 0 Å². The second kappa shape index (κ2) is 3.69. The van der Waals surface area contributed by atoms with E-state index in [-0.39, 0.29) is 22.9 Å². The Balaban J connectivity index is 2.09. The summed E-state index contributed by atoms with van der Waals surface area (Å²) in [6.07, 6.45) is 0. The molecule has 0 saturated carbocycles. The van der Waals surface area contributed by atoms with Crippen molar-refractivity contribution in [1.29, 1.82) is 0 Å². The largest absolute Gasteiger partial charge is 0.475 e. The molecule has 0 aliphatic carbocycles. The van der Waals surface area contributed by atoms with E-state index in [2.05, 4.69) is 14.7 Å². The van der Waals surface area contributed by atoms with Crippen LogP contribution < -0.4 is 0 Å². The van der Waals surface area contributed by atoms with Crippen molar-refractivity contribution >= 4 is 23.7 Å². The number of cyclic esters (lactones) is 2. The molecule has 17 heavy (non-hydrogen) atoms. The first-order valence-corrected chi connectivity index (χ1v) is 5.13. The Morgan fingerprint density at radius 2 is 1.29 bits per heavy atom. The molecule has 0 bridgehead atoms. The third-order valence-corrected chi connectivity index (χ3v) is 2.44. The lowest BCUT2D eigenvalue weighted by atomic mass is 10.1. The molecule has 0 aromatic rings. The molecule has 7 nitrogen and oxygen atoms in total. The van der Waals surface area contributed by atoms with E-state index in [1.807, 2.05) is 0 Å². The van der Waals surface area contributed by atoms with Gasteiger partial charge in [0.1, 0.15) is 24.4 Å². The summed E-state index contributed by atoms with van der Waals surface area (Å²) in [7, 11) is 0. The summed E-state index contributed by atoms with van der Waals surface area (Å²) in [5.74, 6) is -1.25. The fourth-order valence-electron chi connectivity index (χ4n) is 1.75. The summed E-state index contributed by atoms with van der Waals surface area (Å²) in [6.45, 7) is 1.70. The number of hydrogen-bond acceptors (Lipinski definition) is 7. The Bertz CT molecular complexity index is 459. The van der Waals surface area contributed by atoms with Gasteiger partial charge in [0.2, 0.25) is 11.8 Å². The highest BCUT2D eigenvalue weighted by atomic mass is 16.6. The molecule has 0 atom stereocenters. The maximum Gasteiger partial charge on any atom is 0.352 e. The third-order valence-electron chi connectivity index (χ3n) is 2.44. The van der Waals surface area contributed by atoms with Crippen LogP contribution in [0.15, 0.2) is 21.1 Å². The van der Waals surface area contributed by atoms with Crippen LogP contribution in [0.4, 0.5) is 0 Å². The van der Waals surface area contributed by atoms with Crippen LogP contribution in [-0.4, -0.2) is 50.0 Å². The molecule has 0 amide bonds. The van der Waals surface area contributed by atoms with Gasteiger partial charge in [0.05, 0.1) is 13.1 Å². The molecule has 0 radical (unpaired) electrons. The van der Waals surface area contributed by atoms with Gasteiger partial charge >= 0.3 is 11.9 Å². The number of carbonyl (C=O) groups excluding carboxylic acids is 2. The van der Waals surface area contributed by atoms with Crippen LogP contribution in [0, 0.1) is 0 Å². The van der Waals surface area contributed by atoms with E-state index in [9.17, 15) is 9.59 Å². The highest BCUT2D eigenvalue weighted by Gasteiger charge is 2.42. The first-order chi connectivity index (χ1) is 8.27. The van der Waals surface area contributed by atoms with E-state index in [0.29, 0.717) is 26.3 Å². The molecule has 0 unspecified atom stereocenters. The van der Waals surface area contributed by atoms with E-state index in [1.54, 1.807) is 0 Å². The Hall–Kier alpha value is -2.18. The highest BCUT2D eigenvalue weighted by molar-refractivity contribution is 6.36. The topological polar surface area (TPSA) is 86.6 Å². The average molecular weight is 236 g/mol. The molecule has 0 N–H and O–H groups in total. The van der Waals surface area contributed by atoms with Crippen molar-refractivity contribution in [1.82, 2.24) is 0 Å². The van der Waals surface area contributed by atoms with Crippen LogP contribution in [-0.2, 0) is 23.8 Å². The Kier molecular flexibility index (Phi) is 2.17. The number of carbonyl (C=O) groups is 2. The lowest BCUT2D eigenvalue weighted by Gasteiger charge is -2.02. The van der Waals surface area contributed by atoms with Crippen LogP contribution in [0.2, 0.25) is 0 Å². The van der Waals surface area contributed by atoms with Crippen molar-refractivity contribution in [3.8, 4) is 0 Å². The lowest BCUT2D eigenvalue weighted by Crippen LogP contribution is -2.15. The van der Waals surface area contributed by atoms with E-state index < -0.39 is 11.9 Å². The van der Waals surface area contributed by atoms with Crippen LogP contribution >= 0.6 is 0 Å². The first-order valence-electron chi connectivity index (χ1n) is 5.13. The third kappa shape index (κ3) is 1.50. The monoisotopic (exact) mass is 236 g/mol. The molecule has 0 aromatic heterocycles. The lowest BCUT2D eigenvalue weighted by molar-refractivity contribution is -0.150. The fourth-order valence-corrected chi connectivity index (χ4v) is 1.75. The van der Waals surface area contributed by atoms with Crippen molar-refractivity contribution in [2.24, 2.45) is 9.98 Å². The van der Waals surface area contributed by atoms with Gasteiger partial charge in [-0.3, -0.25) is 0 Å². The number of aliphatic imine (C=N–C) groups is 2. The van der Waals surface area contributed by atoms with Gasteiger partial charge in [0, 0.05) is 0 Å². The summed E-state index contributed by atoms with van der Waals surface area (Å²) < 4.78 is 14.9. The summed E-state index contributed by atoms with van der Waals surface area (Å²) >= 11 is 0. The molecule has 3 aliphatic heterocycles. The maximum atomic E-state index is 11.6. The second-order valence-corrected chi connectivity index (χ2v) is 3.50. The zero-order valence-corrected chi connectivity index (χ0v) is 8.76. The molecule has 3 aliphatic rings. The normalized spacial score (nSPS) is 23.3. The van der Waals surface area contributed by atoms with Gasteiger partial charge in [-0.15, -0.1) is 0 Å². The molecule has 3 heterocycles. The Morgan fingerprint density at radius 3 is 1.65 bits per heavy atom. The van der Waals surface area contributed by atoms with Gasteiger partial charge in [0.15, 0.2) is 0 Å². The summed E-state index contributed by atoms with van der Waals surface area (Å²) in [6, 6.07) is 0. The predicted molar refractivity (Wildman–Crippen MR) is 54.6 cm³/mol. The summed E-state index contributed by atoms with van der Waals surface area (Å²) in [4.78, 5) is 31.1. The Morgan fingerprint density at radius 1 is 0.824 bits per heavy atom. The molecule has 0 fully saturated rings. The number of esters is 2. The van der Waals surface area contributed by atoms with E-state index in [4.69, 9.17) is 9.47 Å². The number of rotatable bonds is 2. The van der Waals surface area contributed by atoms with Crippen molar-refractivity contribution in [2.75, 3.05) is 26.3 Å².